The fourth-order valence-electron chi connectivity index (χ4n) is 4.61. The number of likely N-dealkylation sites (tertiary alicyclic amines) is 1. The Bertz CT molecular complexity index is 1050. The van der Waals surface area contributed by atoms with Crippen molar-refractivity contribution in [2.45, 2.75) is 32.4 Å². The maximum atomic E-state index is 5.66. The second-order valence-electron chi connectivity index (χ2n) is 8.18. The van der Waals surface area contributed by atoms with Crippen molar-refractivity contribution >= 4 is 17.0 Å². The summed E-state index contributed by atoms with van der Waals surface area (Å²) in [7, 11) is 3.57. The molecule has 1 saturated heterocycles. The van der Waals surface area contributed by atoms with Crippen molar-refractivity contribution < 1.29 is 4.74 Å². The molecule has 0 aliphatic carbocycles. The fourth-order valence-corrected chi connectivity index (χ4v) is 4.61. The number of hydrogen-bond donors (Lipinski definition) is 2. The van der Waals surface area contributed by atoms with E-state index in [-0.39, 0.29) is 6.04 Å². The van der Waals surface area contributed by atoms with Crippen molar-refractivity contribution in [1.82, 2.24) is 25.1 Å². The lowest BCUT2D eigenvalue weighted by molar-refractivity contribution is 0.239. The van der Waals surface area contributed by atoms with Crippen LogP contribution in [0.4, 0.5) is 0 Å². The molecule has 3 aromatic rings. The van der Waals surface area contributed by atoms with Crippen molar-refractivity contribution in [2.75, 3.05) is 40.3 Å². The smallest absolute Gasteiger partial charge is 0.191 e. The monoisotopic (exact) mass is 434 g/mol. The Morgan fingerprint density at radius 2 is 1.84 bits per heavy atom. The number of hydrogen-bond acceptors (Lipinski definition) is 4. The predicted octanol–water partition coefficient (Wildman–Crippen LogP) is 3.36. The molecular weight excluding hydrogens is 400 g/mol. The Hall–Kier alpha value is -3.06. The first-order valence-electron chi connectivity index (χ1n) is 11.4. The van der Waals surface area contributed by atoms with E-state index < -0.39 is 0 Å². The molecule has 1 aliphatic rings. The molecule has 7 nitrogen and oxygen atoms in total. The second-order valence-corrected chi connectivity index (χ2v) is 8.18. The largest absolute Gasteiger partial charge is 0.496 e. The highest BCUT2D eigenvalue weighted by atomic mass is 16.5. The van der Waals surface area contributed by atoms with Gasteiger partial charge in [0, 0.05) is 32.2 Å². The molecule has 1 unspecified atom stereocenters. The molecule has 7 heteroatoms. The number of aryl methyl sites for hydroxylation is 1. The molecule has 0 bridgehead atoms. The highest BCUT2D eigenvalue weighted by Gasteiger charge is 2.26. The quantitative estimate of drug-likeness (QED) is 0.420. The van der Waals surface area contributed by atoms with Gasteiger partial charge in [0.2, 0.25) is 0 Å². The predicted molar refractivity (Wildman–Crippen MR) is 130 cm³/mol. The lowest BCUT2D eigenvalue weighted by Crippen LogP contribution is -2.43. The first-order chi connectivity index (χ1) is 15.7. The van der Waals surface area contributed by atoms with Gasteiger partial charge in [0.05, 0.1) is 24.2 Å². The van der Waals surface area contributed by atoms with Gasteiger partial charge in [0.15, 0.2) is 5.96 Å². The summed E-state index contributed by atoms with van der Waals surface area (Å²) in [5.41, 5.74) is 3.43. The van der Waals surface area contributed by atoms with E-state index in [1.807, 2.05) is 25.2 Å². The summed E-state index contributed by atoms with van der Waals surface area (Å²) in [5, 5.41) is 7.01. The van der Waals surface area contributed by atoms with E-state index in [9.17, 15) is 0 Å². The van der Waals surface area contributed by atoms with Crippen LogP contribution in [0, 0.1) is 6.92 Å². The highest BCUT2D eigenvalue weighted by Crippen LogP contribution is 2.31. The first kappa shape index (κ1) is 22.1. The average Bonchev–Trinajstić information content (AvgIpc) is 3.46. The minimum atomic E-state index is 0.243. The molecular formula is C25H34N6O. The Morgan fingerprint density at radius 3 is 2.62 bits per heavy atom. The maximum Gasteiger partial charge on any atom is 0.191 e. The van der Waals surface area contributed by atoms with Crippen LogP contribution in [-0.2, 0) is 6.54 Å². The van der Waals surface area contributed by atoms with Crippen molar-refractivity contribution in [1.29, 1.82) is 0 Å². The molecule has 32 heavy (non-hydrogen) atoms. The third-order valence-electron chi connectivity index (χ3n) is 6.24. The average molecular weight is 435 g/mol. The minimum Gasteiger partial charge on any atom is -0.496 e. The molecule has 0 amide bonds. The molecule has 0 spiro atoms. The van der Waals surface area contributed by atoms with Crippen LogP contribution in [0.25, 0.3) is 11.0 Å². The zero-order chi connectivity index (χ0) is 22.3. The third kappa shape index (κ3) is 4.88. The Kier molecular flexibility index (Phi) is 7.27. The van der Waals surface area contributed by atoms with Gasteiger partial charge in [-0.25, -0.2) is 4.98 Å². The SMILES string of the molecule is CN=C(NCCn1c(C)nc2ccccc21)NCC(c1ccccc1OC)N1CCCC1. The number of guanidine groups is 1. The van der Waals surface area contributed by atoms with E-state index >= 15 is 0 Å². The summed E-state index contributed by atoms with van der Waals surface area (Å²) in [6.45, 7) is 6.65. The molecule has 170 valence electrons. The molecule has 0 radical (unpaired) electrons. The number of benzene rings is 2. The van der Waals surface area contributed by atoms with E-state index in [1.54, 1.807) is 7.11 Å². The number of ether oxygens (including phenoxy) is 1. The van der Waals surface area contributed by atoms with Crippen molar-refractivity contribution in [3.05, 3.63) is 59.9 Å². The molecule has 1 fully saturated rings. The van der Waals surface area contributed by atoms with Crippen molar-refractivity contribution in [3.8, 4) is 5.75 Å². The van der Waals surface area contributed by atoms with Crippen LogP contribution < -0.4 is 15.4 Å². The van der Waals surface area contributed by atoms with Crippen LogP contribution in [0.5, 0.6) is 5.75 Å². The number of nitrogens with one attached hydrogen (secondary N) is 2. The first-order valence-corrected chi connectivity index (χ1v) is 11.4. The van der Waals surface area contributed by atoms with E-state index in [4.69, 9.17) is 4.74 Å². The standard InChI is InChI=1S/C25H34N6O/c1-19-29-21-11-5-6-12-22(21)31(19)17-14-27-25(26-2)28-18-23(30-15-8-9-16-30)20-10-4-7-13-24(20)32-3/h4-7,10-13,23H,8-9,14-18H2,1-3H3,(H2,26,27,28). The Balaban J connectivity index is 1.39. The van der Waals surface area contributed by atoms with Crippen molar-refractivity contribution in [3.63, 3.8) is 0 Å². The minimum absolute atomic E-state index is 0.243. The van der Waals surface area contributed by atoms with E-state index in [0.717, 1.165) is 55.8 Å². The number of nitrogens with zero attached hydrogens (tertiary/aromatic N) is 4. The molecule has 1 atom stereocenters. The van der Waals surface area contributed by atoms with E-state index in [2.05, 4.69) is 67.3 Å². The van der Waals surface area contributed by atoms with Crippen LogP contribution in [0.1, 0.15) is 30.3 Å². The number of para-hydroxylation sites is 3. The molecule has 2 heterocycles. The van der Waals surface area contributed by atoms with Gasteiger partial charge in [-0.3, -0.25) is 9.89 Å². The fraction of sp³-hybridized carbons (Fsp3) is 0.440. The van der Waals surface area contributed by atoms with E-state index in [1.165, 1.54) is 23.9 Å². The number of aromatic nitrogens is 2. The summed E-state index contributed by atoms with van der Waals surface area (Å²) in [6, 6.07) is 16.8. The van der Waals surface area contributed by atoms with Gasteiger partial charge in [-0.1, -0.05) is 30.3 Å². The van der Waals surface area contributed by atoms with Gasteiger partial charge in [-0.05, 0) is 51.1 Å². The number of aliphatic imine (C=N–C) groups is 1. The van der Waals surface area contributed by atoms with Crippen LogP contribution >= 0.6 is 0 Å². The summed E-state index contributed by atoms with van der Waals surface area (Å²) in [5.74, 6) is 2.78. The maximum absolute atomic E-state index is 5.66. The van der Waals surface area contributed by atoms with Crippen LogP contribution in [0.15, 0.2) is 53.5 Å². The topological polar surface area (TPSA) is 66.7 Å². The van der Waals surface area contributed by atoms with Crippen LogP contribution in [0.2, 0.25) is 0 Å². The molecule has 0 saturated carbocycles. The van der Waals surface area contributed by atoms with Crippen molar-refractivity contribution in [2.24, 2.45) is 4.99 Å². The zero-order valence-corrected chi connectivity index (χ0v) is 19.3. The van der Waals surface area contributed by atoms with Crippen LogP contribution in [0.3, 0.4) is 0 Å². The number of fused-ring (bicyclic) bond motifs is 1. The summed E-state index contributed by atoms with van der Waals surface area (Å²) in [6.07, 6.45) is 2.49. The van der Waals surface area contributed by atoms with Gasteiger partial charge in [0.25, 0.3) is 0 Å². The molecule has 1 aromatic heterocycles. The second kappa shape index (κ2) is 10.5. The van der Waals surface area contributed by atoms with Gasteiger partial charge < -0.3 is 19.9 Å². The van der Waals surface area contributed by atoms with Gasteiger partial charge in [-0.2, -0.15) is 0 Å². The molecule has 2 aromatic carbocycles. The van der Waals surface area contributed by atoms with Gasteiger partial charge >= 0.3 is 0 Å². The zero-order valence-electron chi connectivity index (χ0n) is 19.3. The number of rotatable bonds is 8. The van der Waals surface area contributed by atoms with Gasteiger partial charge in [-0.15, -0.1) is 0 Å². The highest BCUT2D eigenvalue weighted by molar-refractivity contribution is 5.79. The Morgan fingerprint density at radius 1 is 1.09 bits per heavy atom. The Labute approximate surface area is 190 Å². The lowest BCUT2D eigenvalue weighted by atomic mass is 10.0. The third-order valence-corrected chi connectivity index (χ3v) is 6.24. The molecule has 2 N–H and O–H groups in total. The van der Waals surface area contributed by atoms with E-state index in [0.29, 0.717) is 0 Å². The summed E-state index contributed by atoms with van der Waals surface area (Å²) < 4.78 is 7.91. The van der Waals surface area contributed by atoms with Gasteiger partial charge in [0.1, 0.15) is 11.6 Å². The number of imidazole rings is 1. The summed E-state index contributed by atoms with van der Waals surface area (Å²) >= 11 is 0. The molecule has 4 rings (SSSR count). The lowest BCUT2D eigenvalue weighted by Gasteiger charge is -2.30. The normalized spacial score (nSPS) is 15.8. The number of methoxy groups -OCH3 is 1. The van der Waals surface area contributed by atoms with Crippen LogP contribution in [-0.4, -0.2) is 60.7 Å². The molecule has 1 aliphatic heterocycles. The summed E-state index contributed by atoms with van der Waals surface area (Å²) in [4.78, 5) is 11.6.